The molecule has 5 nitrogen and oxygen atoms in total. The number of rotatable bonds is 8. The van der Waals surface area contributed by atoms with Crippen LogP contribution in [0.3, 0.4) is 0 Å². The maximum absolute atomic E-state index is 12.1. The Morgan fingerprint density at radius 3 is 2.74 bits per heavy atom. The Bertz CT molecular complexity index is 484. The van der Waals surface area contributed by atoms with E-state index in [-0.39, 0.29) is 11.9 Å². The Morgan fingerprint density at radius 1 is 1.39 bits per heavy atom. The number of aliphatic hydroxyl groups is 1. The lowest BCUT2D eigenvalue weighted by Gasteiger charge is -2.33. The van der Waals surface area contributed by atoms with E-state index in [9.17, 15) is 9.90 Å². The van der Waals surface area contributed by atoms with Crippen LogP contribution in [0.25, 0.3) is 0 Å². The zero-order chi connectivity index (χ0) is 16.5. The largest absolute Gasteiger partial charge is 0.389 e. The second-order valence-corrected chi connectivity index (χ2v) is 5.89. The summed E-state index contributed by atoms with van der Waals surface area (Å²) in [5.74, 6) is -0.0121. The maximum Gasteiger partial charge on any atom is 0.251 e. The molecule has 1 aromatic carbocycles. The van der Waals surface area contributed by atoms with Crippen molar-refractivity contribution in [3.8, 4) is 0 Å². The third-order valence-corrected chi connectivity index (χ3v) is 3.97. The molecule has 1 atom stereocenters. The summed E-state index contributed by atoms with van der Waals surface area (Å²) in [6, 6.07) is 9.49. The number of ether oxygens (including phenoxy) is 1. The predicted molar refractivity (Wildman–Crippen MR) is 90.4 cm³/mol. The van der Waals surface area contributed by atoms with Crippen LogP contribution in [-0.4, -0.2) is 60.9 Å². The van der Waals surface area contributed by atoms with Crippen molar-refractivity contribution >= 4 is 5.91 Å². The van der Waals surface area contributed by atoms with Gasteiger partial charge in [-0.05, 0) is 25.0 Å². The minimum absolute atomic E-state index is 0.0121. The summed E-state index contributed by atoms with van der Waals surface area (Å²) in [5, 5.41) is 13.0. The first-order valence-corrected chi connectivity index (χ1v) is 8.14. The highest BCUT2D eigenvalue weighted by Crippen LogP contribution is 2.12. The molecule has 2 rings (SSSR count). The van der Waals surface area contributed by atoms with Crippen molar-refractivity contribution < 1.29 is 14.6 Å². The number of likely N-dealkylation sites (tertiary alicyclic amines) is 1. The fourth-order valence-corrected chi connectivity index (χ4v) is 2.76. The Morgan fingerprint density at radius 2 is 2.09 bits per heavy atom. The van der Waals surface area contributed by atoms with Crippen molar-refractivity contribution in [2.45, 2.75) is 25.0 Å². The van der Waals surface area contributed by atoms with Crippen molar-refractivity contribution in [3.05, 3.63) is 48.6 Å². The van der Waals surface area contributed by atoms with E-state index in [2.05, 4.69) is 16.8 Å². The van der Waals surface area contributed by atoms with Gasteiger partial charge in [0.1, 0.15) is 0 Å². The summed E-state index contributed by atoms with van der Waals surface area (Å²) in [4.78, 5) is 14.3. The number of carbonyl (C=O) groups excluding carboxylic acids is 1. The molecule has 1 fully saturated rings. The van der Waals surface area contributed by atoms with Crippen molar-refractivity contribution in [2.24, 2.45) is 0 Å². The van der Waals surface area contributed by atoms with Crippen LogP contribution >= 0.6 is 0 Å². The van der Waals surface area contributed by atoms with Crippen molar-refractivity contribution in [1.82, 2.24) is 10.2 Å². The molecule has 5 heteroatoms. The molecule has 0 bridgehead atoms. The van der Waals surface area contributed by atoms with Crippen LogP contribution in [0, 0.1) is 0 Å². The Hall–Kier alpha value is -1.69. The summed E-state index contributed by atoms with van der Waals surface area (Å²) in [6.45, 7) is 6.72. The molecule has 0 saturated carbocycles. The van der Waals surface area contributed by atoms with Crippen LogP contribution in [0.1, 0.15) is 23.2 Å². The van der Waals surface area contributed by atoms with E-state index < -0.39 is 6.10 Å². The van der Waals surface area contributed by atoms with Gasteiger partial charge in [-0.25, -0.2) is 0 Å². The van der Waals surface area contributed by atoms with Gasteiger partial charge < -0.3 is 20.1 Å². The highest BCUT2D eigenvalue weighted by Gasteiger charge is 2.22. The number of hydrogen-bond acceptors (Lipinski definition) is 4. The normalized spacial score (nSPS) is 17.6. The van der Waals surface area contributed by atoms with E-state index in [0.717, 1.165) is 25.9 Å². The molecule has 1 amide bonds. The molecular formula is C18H26N2O3. The van der Waals surface area contributed by atoms with Gasteiger partial charge in [0.05, 0.1) is 19.3 Å². The Balaban J connectivity index is 1.67. The fourth-order valence-electron chi connectivity index (χ4n) is 2.76. The Labute approximate surface area is 137 Å². The molecule has 2 N–H and O–H groups in total. The molecule has 1 aromatic rings. The highest BCUT2D eigenvalue weighted by molar-refractivity contribution is 5.94. The first kappa shape index (κ1) is 17.7. The van der Waals surface area contributed by atoms with E-state index >= 15 is 0 Å². The van der Waals surface area contributed by atoms with Gasteiger partial charge in [0.25, 0.3) is 5.91 Å². The van der Waals surface area contributed by atoms with Gasteiger partial charge in [-0.3, -0.25) is 4.79 Å². The standard InChI is InChI=1S/C18H26N2O3/c1-2-12-23-14-17(21)13-20-10-8-16(9-11-20)19-18(22)15-6-4-3-5-7-15/h2-7,16-17,21H,1,8-14H2,(H,19,22). The van der Waals surface area contributed by atoms with Gasteiger partial charge in [-0.2, -0.15) is 0 Å². The van der Waals surface area contributed by atoms with E-state index in [1.165, 1.54) is 0 Å². The van der Waals surface area contributed by atoms with Crippen molar-refractivity contribution in [1.29, 1.82) is 0 Å². The topological polar surface area (TPSA) is 61.8 Å². The first-order chi connectivity index (χ1) is 11.2. The van der Waals surface area contributed by atoms with Gasteiger partial charge in [0, 0.05) is 31.2 Å². The number of nitrogens with zero attached hydrogens (tertiary/aromatic N) is 1. The third-order valence-electron chi connectivity index (χ3n) is 3.97. The molecule has 0 aromatic heterocycles. The molecule has 0 spiro atoms. The predicted octanol–water partition coefficient (Wildman–Crippen LogP) is 1.44. The zero-order valence-corrected chi connectivity index (χ0v) is 13.5. The fraction of sp³-hybridized carbons (Fsp3) is 0.500. The molecule has 126 valence electrons. The summed E-state index contributed by atoms with van der Waals surface area (Å²) in [6.07, 6.45) is 3.00. The van der Waals surface area contributed by atoms with E-state index in [0.29, 0.717) is 25.3 Å². The van der Waals surface area contributed by atoms with Gasteiger partial charge in [-0.15, -0.1) is 6.58 Å². The number of nitrogens with one attached hydrogen (secondary N) is 1. The van der Waals surface area contributed by atoms with Crippen molar-refractivity contribution in [2.75, 3.05) is 32.8 Å². The molecule has 0 radical (unpaired) electrons. The lowest BCUT2D eigenvalue weighted by Crippen LogP contribution is -2.47. The molecule has 1 heterocycles. The average molecular weight is 318 g/mol. The molecular weight excluding hydrogens is 292 g/mol. The summed E-state index contributed by atoms with van der Waals surface area (Å²) < 4.78 is 5.26. The third kappa shape index (κ3) is 6.14. The van der Waals surface area contributed by atoms with Crippen LogP contribution < -0.4 is 5.32 Å². The molecule has 1 unspecified atom stereocenters. The molecule has 1 aliphatic rings. The minimum Gasteiger partial charge on any atom is -0.389 e. The second kappa shape index (κ2) is 9.45. The molecule has 1 aliphatic heterocycles. The summed E-state index contributed by atoms with van der Waals surface area (Å²) in [5.41, 5.74) is 0.699. The summed E-state index contributed by atoms with van der Waals surface area (Å²) in [7, 11) is 0. The Kier molecular flexibility index (Phi) is 7.26. The molecule has 23 heavy (non-hydrogen) atoms. The van der Waals surface area contributed by atoms with Gasteiger partial charge in [0.15, 0.2) is 0 Å². The number of carbonyl (C=O) groups is 1. The van der Waals surface area contributed by atoms with Crippen LogP contribution in [0.5, 0.6) is 0 Å². The van der Waals surface area contributed by atoms with E-state index in [4.69, 9.17) is 4.74 Å². The van der Waals surface area contributed by atoms with E-state index in [1.807, 2.05) is 30.3 Å². The second-order valence-electron chi connectivity index (χ2n) is 5.89. The SMILES string of the molecule is C=CCOCC(O)CN1CCC(NC(=O)c2ccccc2)CC1. The minimum atomic E-state index is -0.481. The number of β-amino-alcohol motifs (C(OH)–C–C–N with tert-alkyl or cyclic N) is 1. The van der Waals surface area contributed by atoms with Gasteiger partial charge in [0.2, 0.25) is 0 Å². The molecule has 1 saturated heterocycles. The monoisotopic (exact) mass is 318 g/mol. The van der Waals surface area contributed by atoms with Gasteiger partial charge >= 0.3 is 0 Å². The van der Waals surface area contributed by atoms with Crippen LogP contribution in [0.2, 0.25) is 0 Å². The van der Waals surface area contributed by atoms with Gasteiger partial charge in [-0.1, -0.05) is 24.3 Å². The quantitative estimate of drug-likeness (QED) is 0.562. The average Bonchev–Trinajstić information content (AvgIpc) is 2.57. The lowest BCUT2D eigenvalue weighted by molar-refractivity contribution is 0.0207. The van der Waals surface area contributed by atoms with Crippen LogP contribution in [0.4, 0.5) is 0 Å². The number of aliphatic hydroxyl groups excluding tert-OH is 1. The van der Waals surface area contributed by atoms with Crippen LogP contribution in [0.15, 0.2) is 43.0 Å². The summed E-state index contributed by atoms with van der Waals surface area (Å²) >= 11 is 0. The number of benzene rings is 1. The highest BCUT2D eigenvalue weighted by atomic mass is 16.5. The smallest absolute Gasteiger partial charge is 0.251 e. The maximum atomic E-state index is 12.1. The lowest BCUT2D eigenvalue weighted by atomic mass is 10.0. The number of hydrogen-bond donors (Lipinski definition) is 2. The van der Waals surface area contributed by atoms with E-state index in [1.54, 1.807) is 6.08 Å². The zero-order valence-electron chi connectivity index (χ0n) is 13.5. The first-order valence-electron chi connectivity index (χ1n) is 8.14. The number of piperidine rings is 1. The van der Waals surface area contributed by atoms with Crippen molar-refractivity contribution in [3.63, 3.8) is 0 Å². The molecule has 0 aliphatic carbocycles. The number of amides is 1. The van der Waals surface area contributed by atoms with Crippen LogP contribution in [-0.2, 0) is 4.74 Å².